The number of furan rings is 1. The first-order valence-corrected chi connectivity index (χ1v) is 23.3. The lowest BCUT2D eigenvalue weighted by Crippen LogP contribution is -2.10. The van der Waals surface area contributed by atoms with Crippen LogP contribution in [0, 0.1) is 0 Å². The third-order valence-electron chi connectivity index (χ3n) is 13.6. The van der Waals surface area contributed by atoms with Gasteiger partial charge in [0, 0.05) is 39.0 Å². The van der Waals surface area contributed by atoms with Gasteiger partial charge in [0.1, 0.15) is 11.3 Å². The molecule has 13 rings (SSSR count). The van der Waals surface area contributed by atoms with E-state index in [1.807, 2.05) is 0 Å². The van der Waals surface area contributed by atoms with Gasteiger partial charge in [-0.1, -0.05) is 206 Å². The van der Waals surface area contributed by atoms with Gasteiger partial charge in [-0.25, -0.2) is 0 Å². The summed E-state index contributed by atoms with van der Waals surface area (Å²) in [5.41, 5.74) is 14.5. The molecule has 0 amide bonds. The molecule has 12 aromatic carbocycles. The molecule has 0 aliphatic rings. The molecule has 0 fully saturated rings. The third-order valence-corrected chi connectivity index (χ3v) is 13.6. The molecule has 1 aromatic heterocycles. The zero-order chi connectivity index (χ0) is 45.0. The third kappa shape index (κ3) is 6.82. The quantitative estimate of drug-likeness (QED) is 0.142. The first kappa shape index (κ1) is 39.4. The standard InChI is InChI=1S/C66H43NO/c1-4-16-44(17-5-1)45-32-35-54(36-33-45)67(56-37-39-58-53(42-56)31-30-46-18-10-11-27-57(46)58)55-26-15-25-51(41-55)49-23-14-24-50(40-49)52-34-38-61-62(43-52)59-28-12-13-29-60(59)64-63(47-19-6-2-7-20-47)65(68-66(61)64)48-21-8-3-9-22-48/h1-43H. The fourth-order valence-electron chi connectivity index (χ4n) is 10.4. The van der Waals surface area contributed by atoms with Gasteiger partial charge in [0.25, 0.3) is 0 Å². The molecule has 0 saturated heterocycles. The van der Waals surface area contributed by atoms with Gasteiger partial charge in [-0.2, -0.15) is 0 Å². The molecule has 2 nitrogen and oxygen atoms in total. The second-order valence-corrected chi connectivity index (χ2v) is 17.6. The number of hydrogen-bond acceptors (Lipinski definition) is 2. The lowest BCUT2D eigenvalue weighted by Gasteiger charge is -2.27. The number of fused-ring (bicyclic) bond motifs is 9. The number of hydrogen-bond donors (Lipinski definition) is 0. The van der Waals surface area contributed by atoms with Crippen molar-refractivity contribution in [3.8, 4) is 55.8 Å². The number of rotatable bonds is 8. The molecule has 0 radical (unpaired) electrons. The van der Waals surface area contributed by atoms with Crippen LogP contribution in [0.5, 0.6) is 0 Å². The van der Waals surface area contributed by atoms with Crippen molar-refractivity contribution in [1.29, 1.82) is 0 Å². The fraction of sp³-hybridized carbons (Fsp3) is 0. The average molecular weight is 866 g/mol. The van der Waals surface area contributed by atoms with Gasteiger partial charge in [0.05, 0.1) is 0 Å². The molecule has 0 aliphatic carbocycles. The van der Waals surface area contributed by atoms with Crippen molar-refractivity contribution in [3.05, 3.63) is 261 Å². The highest BCUT2D eigenvalue weighted by Gasteiger charge is 2.23. The Balaban J connectivity index is 0.922. The first-order chi connectivity index (χ1) is 33.7. The van der Waals surface area contributed by atoms with Crippen LogP contribution in [0.3, 0.4) is 0 Å². The Bertz CT molecular complexity index is 4000. The summed E-state index contributed by atoms with van der Waals surface area (Å²) in [4.78, 5) is 2.38. The molecule has 318 valence electrons. The van der Waals surface area contributed by atoms with Gasteiger partial charge in [0.15, 0.2) is 0 Å². The molecule has 0 N–H and O–H groups in total. The van der Waals surface area contributed by atoms with Crippen molar-refractivity contribution >= 4 is 71.1 Å². The summed E-state index contributed by atoms with van der Waals surface area (Å²) in [7, 11) is 0. The molecular formula is C66H43NO. The second-order valence-electron chi connectivity index (χ2n) is 17.6. The lowest BCUT2D eigenvalue weighted by atomic mass is 9.91. The van der Waals surface area contributed by atoms with E-state index in [1.165, 1.54) is 48.8 Å². The van der Waals surface area contributed by atoms with Crippen molar-refractivity contribution in [2.45, 2.75) is 0 Å². The highest BCUT2D eigenvalue weighted by molar-refractivity contribution is 6.29. The highest BCUT2D eigenvalue weighted by Crippen LogP contribution is 2.48. The van der Waals surface area contributed by atoms with E-state index >= 15 is 0 Å². The van der Waals surface area contributed by atoms with Crippen LogP contribution in [0.25, 0.3) is 110 Å². The van der Waals surface area contributed by atoms with Crippen molar-refractivity contribution in [1.82, 2.24) is 0 Å². The van der Waals surface area contributed by atoms with E-state index in [1.54, 1.807) is 0 Å². The molecule has 0 spiro atoms. The van der Waals surface area contributed by atoms with Gasteiger partial charge in [-0.3, -0.25) is 0 Å². The molecule has 0 aliphatic heterocycles. The number of anilines is 3. The minimum absolute atomic E-state index is 0.889. The average Bonchev–Trinajstić information content (AvgIpc) is 3.83. The highest BCUT2D eigenvalue weighted by atomic mass is 16.3. The monoisotopic (exact) mass is 865 g/mol. The summed E-state index contributed by atoms with van der Waals surface area (Å²) in [5, 5.41) is 10.8. The van der Waals surface area contributed by atoms with Crippen molar-refractivity contribution in [2.75, 3.05) is 4.90 Å². The number of nitrogens with zero attached hydrogens (tertiary/aromatic N) is 1. The summed E-state index contributed by atoms with van der Waals surface area (Å²) < 4.78 is 7.04. The van der Waals surface area contributed by atoms with Crippen LogP contribution in [0.1, 0.15) is 0 Å². The predicted octanol–water partition coefficient (Wildman–Crippen LogP) is 18.9. The summed E-state index contributed by atoms with van der Waals surface area (Å²) in [5.74, 6) is 0.889. The molecule has 1 heterocycles. The molecular weight excluding hydrogens is 823 g/mol. The molecule has 13 aromatic rings. The van der Waals surface area contributed by atoms with Crippen LogP contribution >= 0.6 is 0 Å². The Kier molecular flexibility index (Phi) is 9.54. The Hall–Kier alpha value is -8.98. The van der Waals surface area contributed by atoms with E-state index in [0.717, 1.165) is 78.1 Å². The van der Waals surface area contributed by atoms with Crippen LogP contribution in [-0.2, 0) is 0 Å². The summed E-state index contributed by atoms with van der Waals surface area (Å²) in [6.07, 6.45) is 0. The molecule has 68 heavy (non-hydrogen) atoms. The zero-order valence-corrected chi connectivity index (χ0v) is 37.2. The van der Waals surface area contributed by atoms with Crippen LogP contribution in [0.2, 0.25) is 0 Å². The predicted molar refractivity (Wildman–Crippen MR) is 288 cm³/mol. The van der Waals surface area contributed by atoms with E-state index in [2.05, 4.69) is 266 Å². The maximum absolute atomic E-state index is 7.04. The van der Waals surface area contributed by atoms with E-state index in [4.69, 9.17) is 4.42 Å². The smallest absolute Gasteiger partial charge is 0.143 e. The van der Waals surface area contributed by atoms with Crippen LogP contribution in [0.15, 0.2) is 265 Å². The van der Waals surface area contributed by atoms with Gasteiger partial charge >= 0.3 is 0 Å². The zero-order valence-electron chi connectivity index (χ0n) is 37.2. The van der Waals surface area contributed by atoms with Gasteiger partial charge in [-0.15, -0.1) is 0 Å². The molecule has 0 bridgehead atoms. The Morgan fingerprint density at radius 3 is 1.50 bits per heavy atom. The SMILES string of the molecule is c1ccc(-c2ccc(N(c3cccc(-c4cccc(-c5ccc6c(c5)c5ccccc5c5c(-c7ccccc7)c(-c7ccccc7)oc65)c4)c3)c3ccc4c(ccc5ccccc54)c3)cc2)cc1. The maximum atomic E-state index is 7.04. The largest absolute Gasteiger partial charge is 0.455 e. The Morgan fingerprint density at radius 1 is 0.250 bits per heavy atom. The number of benzene rings is 12. The van der Waals surface area contributed by atoms with Crippen LogP contribution in [-0.4, -0.2) is 0 Å². The molecule has 0 atom stereocenters. The first-order valence-electron chi connectivity index (χ1n) is 23.3. The van der Waals surface area contributed by atoms with Crippen molar-refractivity contribution < 1.29 is 4.42 Å². The van der Waals surface area contributed by atoms with E-state index in [0.29, 0.717) is 0 Å². The van der Waals surface area contributed by atoms with E-state index in [-0.39, 0.29) is 0 Å². The summed E-state index contributed by atoms with van der Waals surface area (Å²) in [6, 6.07) is 94.2. The van der Waals surface area contributed by atoms with Gasteiger partial charge in [0.2, 0.25) is 0 Å². The van der Waals surface area contributed by atoms with Crippen LogP contribution in [0.4, 0.5) is 17.1 Å². The lowest BCUT2D eigenvalue weighted by molar-refractivity contribution is 0.636. The van der Waals surface area contributed by atoms with Gasteiger partial charge in [-0.05, 0) is 131 Å². The minimum atomic E-state index is 0.889. The molecule has 0 saturated carbocycles. The van der Waals surface area contributed by atoms with Gasteiger partial charge < -0.3 is 9.32 Å². The fourth-order valence-corrected chi connectivity index (χ4v) is 10.4. The molecule has 2 heteroatoms. The second kappa shape index (κ2) is 16.5. The molecule has 0 unspecified atom stereocenters. The van der Waals surface area contributed by atoms with Crippen LogP contribution < -0.4 is 4.90 Å². The minimum Gasteiger partial charge on any atom is -0.455 e. The Morgan fingerprint density at radius 2 is 0.750 bits per heavy atom. The van der Waals surface area contributed by atoms with E-state index < -0.39 is 0 Å². The maximum Gasteiger partial charge on any atom is 0.143 e. The van der Waals surface area contributed by atoms with Crippen molar-refractivity contribution in [2.24, 2.45) is 0 Å². The summed E-state index contributed by atoms with van der Waals surface area (Å²) >= 11 is 0. The van der Waals surface area contributed by atoms with E-state index in [9.17, 15) is 0 Å². The summed E-state index contributed by atoms with van der Waals surface area (Å²) in [6.45, 7) is 0. The van der Waals surface area contributed by atoms with Crippen molar-refractivity contribution in [3.63, 3.8) is 0 Å². The Labute approximate surface area is 395 Å². The topological polar surface area (TPSA) is 16.4 Å². The normalized spacial score (nSPS) is 11.5.